The molecule has 18 heteroatoms. The van der Waals surface area contributed by atoms with Crippen LogP contribution in [0.2, 0.25) is 0 Å². The molecule has 1 aromatic rings. The standard InChI is InChI=1S/C22H29N7O8S3/c1-22(2,19(34)35)37-26-12(11-9-39-20(23)24-11)15(30)25-13-16(31)29-14(18(32)33)10(7-38-17(13)29)8-40-36-21(27(3)4)28(5)6/h9,13,17H,7-8H2,1-6H3,(H4-,23,24,25,30,32,33,34,35)/p+1/t13?,17-/m0/s1. The number of anilines is 1. The van der Waals surface area contributed by atoms with Crippen LogP contribution in [0.3, 0.4) is 0 Å². The summed E-state index contributed by atoms with van der Waals surface area (Å²) in [6.45, 7) is 2.49. The summed E-state index contributed by atoms with van der Waals surface area (Å²) >= 11 is 3.37. The molecule has 40 heavy (non-hydrogen) atoms. The second kappa shape index (κ2) is 12.3. The molecule has 3 rings (SSSR count). The molecule has 0 spiro atoms. The van der Waals surface area contributed by atoms with Crippen LogP contribution >= 0.6 is 35.1 Å². The average Bonchev–Trinajstić information content (AvgIpc) is 3.29. The molecule has 1 aromatic heterocycles. The number of hydrogen-bond donors (Lipinski definition) is 4. The van der Waals surface area contributed by atoms with Crippen molar-refractivity contribution in [3.63, 3.8) is 0 Å². The average molecular weight is 617 g/mol. The number of rotatable bonds is 10. The summed E-state index contributed by atoms with van der Waals surface area (Å²) in [7, 11) is 7.24. The van der Waals surface area contributed by atoms with E-state index in [0.717, 1.165) is 28.3 Å². The van der Waals surface area contributed by atoms with Crippen molar-refractivity contribution < 1.29 is 43.0 Å². The van der Waals surface area contributed by atoms with Gasteiger partial charge in [-0.1, -0.05) is 5.16 Å². The Balaban J connectivity index is 1.77. The first-order chi connectivity index (χ1) is 18.7. The number of amidine groups is 1. The van der Waals surface area contributed by atoms with E-state index >= 15 is 0 Å². The lowest BCUT2D eigenvalue weighted by atomic mass is 10.0. The van der Waals surface area contributed by atoms with E-state index in [1.807, 2.05) is 28.2 Å². The fraction of sp³-hybridized carbons (Fsp3) is 0.500. The number of aromatic nitrogens is 1. The zero-order chi connectivity index (χ0) is 29.9. The van der Waals surface area contributed by atoms with Crippen molar-refractivity contribution in [1.82, 2.24) is 20.1 Å². The lowest BCUT2D eigenvalue weighted by molar-refractivity contribution is -0.477. The van der Waals surface area contributed by atoms with Gasteiger partial charge in [0, 0.05) is 11.1 Å². The maximum Gasteiger partial charge on any atom is 0.457 e. The van der Waals surface area contributed by atoms with Gasteiger partial charge in [0.05, 0.1) is 46.0 Å². The fourth-order valence-corrected chi connectivity index (χ4v) is 6.37. The molecule has 218 valence electrons. The van der Waals surface area contributed by atoms with Gasteiger partial charge in [-0.15, -0.1) is 23.1 Å². The Kier molecular flexibility index (Phi) is 9.57. The zero-order valence-electron chi connectivity index (χ0n) is 22.5. The minimum atomic E-state index is -1.76. The van der Waals surface area contributed by atoms with Crippen molar-refractivity contribution in [3.05, 3.63) is 22.3 Å². The highest BCUT2D eigenvalue weighted by atomic mass is 32.2. The molecular weight excluding hydrogens is 586 g/mol. The summed E-state index contributed by atoms with van der Waals surface area (Å²) in [5.41, 5.74) is 3.91. The van der Waals surface area contributed by atoms with Crippen molar-refractivity contribution in [2.45, 2.75) is 30.9 Å². The maximum absolute atomic E-state index is 13.2. The predicted molar refractivity (Wildman–Crippen MR) is 150 cm³/mol. The van der Waals surface area contributed by atoms with E-state index in [4.69, 9.17) is 14.8 Å². The van der Waals surface area contributed by atoms with Crippen LogP contribution in [0.5, 0.6) is 0 Å². The number of aliphatic carboxylic acids is 2. The summed E-state index contributed by atoms with van der Waals surface area (Å²) in [5.74, 6) is -3.58. The Morgan fingerprint density at radius 2 is 2.02 bits per heavy atom. The van der Waals surface area contributed by atoms with E-state index < -0.39 is 40.8 Å². The van der Waals surface area contributed by atoms with Crippen molar-refractivity contribution in [3.8, 4) is 0 Å². The number of hydrogen-bond acceptors (Lipinski definition) is 12. The van der Waals surface area contributed by atoms with Crippen molar-refractivity contribution in [2.24, 2.45) is 5.16 Å². The third kappa shape index (κ3) is 6.61. The number of carboxylic acid groups (broad SMARTS) is 2. The van der Waals surface area contributed by atoms with Gasteiger partial charge in [-0.05, 0) is 19.4 Å². The Bertz CT molecular complexity index is 1300. The van der Waals surface area contributed by atoms with Gasteiger partial charge in [-0.3, -0.25) is 14.5 Å². The highest BCUT2D eigenvalue weighted by Crippen LogP contribution is 2.41. The fourth-order valence-electron chi connectivity index (χ4n) is 3.51. The lowest BCUT2D eigenvalue weighted by Crippen LogP contribution is -2.71. The zero-order valence-corrected chi connectivity index (χ0v) is 25.0. The molecule has 2 aliphatic heterocycles. The van der Waals surface area contributed by atoms with Crippen molar-refractivity contribution in [2.75, 3.05) is 45.4 Å². The van der Waals surface area contributed by atoms with E-state index in [-0.39, 0.29) is 33.7 Å². The van der Waals surface area contributed by atoms with Gasteiger partial charge in [0.2, 0.25) is 5.60 Å². The SMILES string of the molecule is CN(C)C(OSCC1=C(C(=O)O)N2C(=O)C(NC(=O)C(=NOC(C)(C)C(=O)O)c3csc(N)n3)[C@@H]2SC1)=[N+](C)C. The molecule has 2 aliphatic rings. The van der Waals surface area contributed by atoms with Gasteiger partial charge in [0.1, 0.15) is 22.8 Å². The van der Waals surface area contributed by atoms with Crippen LogP contribution in [0.25, 0.3) is 0 Å². The summed E-state index contributed by atoms with van der Waals surface area (Å²) in [6, 6.07) is -0.505. The second-order valence-corrected chi connectivity index (χ2v) is 12.1. The third-order valence-corrected chi connectivity index (χ3v) is 8.27. The number of carboxylic acids is 2. The topological polar surface area (TPSA) is 200 Å². The number of carbonyl (C=O) groups excluding carboxylic acids is 2. The van der Waals surface area contributed by atoms with E-state index in [0.29, 0.717) is 11.6 Å². The monoisotopic (exact) mass is 616 g/mol. The van der Waals surface area contributed by atoms with Gasteiger partial charge in [-0.25, -0.2) is 24.0 Å². The molecule has 0 radical (unpaired) electrons. The molecular formula is C22H30N7O8S3+. The first kappa shape index (κ1) is 31.0. The quantitative estimate of drug-likeness (QED) is 0.0679. The number of amides is 2. The molecule has 15 nitrogen and oxygen atoms in total. The third-order valence-electron chi connectivity index (χ3n) is 5.53. The van der Waals surface area contributed by atoms with Crippen LogP contribution in [0.15, 0.2) is 21.8 Å². The minimum Gasteiger partial charge on any atom is -0.478 e. The number of thioether (sulfide) groups is 1. The normalized spacial score (nSPS) is 18.9. The molecule has 0 saturated carbocycles. The van der Waals surface area contributed by atoms with Gasteiger partial charge in [0.15, 0.2) is 10.8 Å². The first-order valence-electron chi connectivity index (χ1n) is 11.6. The Morgan fingerprint density at radius 3 is 2.55 bits per heavy atom. The smallest absolute Gasteiger partial charge is 0.457 e. The molecule has 1 saturated heterocycles. The van der Waals surface area contributed by atoms with Crippen LogP contribution in [0, 0.1) is 0 Å². The van der Waals surface area contributed by atoms with Gasteiger partial charge in [-0.2, -0.15) is 0 Å². The number of β-lactam (4-membered cyclic amide) rings is 1. The molecule has 0 bridgehead atoms. The van der Waals surface area contributed by atoms with Crippen LogP contribution in [0.4, 0.5) is 5.13 Å². The first-order valence-corrected chi connectivity index (χ1v) is 14.4. The van der Waals surface area contributed by atoms with Gasteiger partial charge < -0.3 is 30.3 Å². The Hall–Kier alpha value is -3.51. The number of nitrogen functional groups attached to an aromatic ring is 1. The van der Waals surface area contributed by atoms with Crippen LogP contribution < -0.4 is 11.1 Å². The predicted octanol–water partition coefficient (Wildman–Crippen LogP) is -0.0977. The van der Waals surface area contributed by atoms with Crippen LogP contribution in [-0.2, 0) is 28.2 Å². The largest absolute Gasteiger partial charge is 0.478 e. The van der Waals surface area contributed by atoms with E-state index in [1.54, 1.807) is 9.48 Å². The minimum absolute atomic E-state index is 0.0261. The summed E-state index contributed by atoms with van der Waals surface area (Å²) in [5, 5.41) is 26.4. The second-order valence-electron chi connectivity index (χ2n) is 9.45. The highest BCUT2D eigenvalue weighted by molar-refractivity contribution is 8.00. The number of oxime groups is 1. The Labute approximate surface area is 242 Å². The highest BCUT2D eigenvalue weighted by Gasteiger charge is 2.54. The molecule has 1 unspecified atom stereocenters. The van der Waals surface area contributed by atoms with E-state index in [9.17, 15) is 29.4 Å². The van der Waals surface area contributed by atoms with Crippen molar-refractivity contribution >= 4 is 75.8 Å². The lowest BCUT2D eigenvalue weighted by Gasteiger charge is -2.49. The molecule has 5 N–H and O–H groups in total. The number of nitrogens with zero attached hydrogens (tertiary/aromatic N) is 5. The van der Waals surface area contributed by atoms with Crippen LogP contribution in [0.1, 0.15) is 19.5 Å². The number of thiazole rings is 1. The van der Waals surface area contributed by atoms with Gasteiger partial charge in [0.25, 0.3) is 11.8 Å². The summed E-state index contributed by atoms with van der Waals surface area (Å²) < 4.78 is 7.49. The summed E-state index contributed by atoms with van der Waals surface area (Å²) in [6.07, 6.45) is 0. The van der Waals surface area contributed by atoms with Crippen LogP contribution in [-0.4, -0.2) is 122 Å². The Morgan fingerprint density at radius 1 is 1.35 bits per heavy atom. The molecule has 2 amide bonds. The molecule has 0 aromatic carbocycles. The summed E-state index contributed by atoms with van der Waals surface area (Å²) in [4.78, 5) is 61.8. The number of fused-ring (bicyclic) bond motifs is 1. The number of nitrogens with two attached hydrogens (primary N) is 1. The molecule has 2 atom stereocenters. The van der Waals surface area contributed by atoms with Crippen molar-refractivity contribution in [1.29, 1.82) is 0 Å². The van der Waals surface area contributed by atoms with E-state index in [2.05, 4.69) is 15.5 Å². The van der Waals surface area contributed by atoms with Gasteiger partial charge >= 0.3 is 18.0 Å². The molecule has 0 aliphatic carbocycles. The van der Waals surface area contributed by atoms with E-state index in [1.165, 1.54) is 31.0 Å². The number of nitrogens with one attached hydrogen (secondary N) is 1. The molecule has 1 fully saturated rings. The number of carbonyl (C=O) groups is 4. The molecule has 3 heterocycles. The maximum atomic E-state index is 13.2.